The third kappa shape index (κ3) is 7.34. The van der Waals surface area contributed by atoms with E-state index in [1.807, 2.05) is 18.2 Å². The summed E-state index contributed by atoms with van der Waals surface area (Å²) in [5.74, 6) is -0.295. The van der Waals surface area contributed by atoms with Gasteiger partial charge in [-0.2, -0.15) is 0 Å². The summed E-state index contributed by atoms with van der Waals surface area (Å²) in [5, 5.41) is 0.0481. The lowest BCUT2D eigenvalue weighted by Gasteiger charge is -2.38. The Kier molecular flexibility index (Phi) is 8.38. The highest BCUT2D eigenvalue weighted by Gasteiger charge is 2.40. The summed E-state index contributed by atoms with van der Waals surface area (Å²) >= 11 is 0. The molecule has 0 aliphatic rings. The molecule has 6 heteroatoms. The van der Waals surface area contributed by atoms with Crippen LogP contribution in [0.4, 0.5) is 0 Å². The van der Waals surface area contributed by atoms with Gasteiger partial charge in [0, 0.05) is 6.54 Å². The number of nitrogens with zero attached hydrogens (tertiary/aromatic N) is 1. The molecular formula is C19H32BNO3Si. The van der Waals surface area contributed by atoms with Crippen LogP contribution in [0.5, 0.6) is 0 Å². The molecule has 0 aliphatic heterocycles. The second-order valence-corrected chi connectivity index (χ2v) is 12.7. The van der Waals surface area contributed by atoms with E-state index in [0.717, 1.165) is 6.42 Å². The maximum Gasteiger partial charge on any atom is 0.333 e. The quantitative estimate of drug-likeness (QED) is 0.494. The van der Waals surface area contributed by atoms with E-state index in [2.05, 4.69) is 46.0 Å². The lowest BCUT2D eigenvalue weighted by atomic mass is 10.1. The molecule has 4 nitrogen and oxygen atoms in total. The summed E-state index contributed by atoms with van der Waals surface area (Å²) in [4.78, 5) is 13.9. The van der Waals surface area contributed by atoms with Crippen molar-refractivity contribution in [1.29, 1.82) is 0 Å². The Labute approximate surface area is 155 Å². The highest BCUT2D eigenvalue weighted by Crippen LogP contribution is 2.37. The van der Waals surface area contributed by atoms with E-state index in [1.54, 1.807) is 4.81 Å². The Morgan fingerprint density at radius 2 is 1.84 bits per heavy atom. The van der Waals surface area contributed by atoms with Crippen LogP contribution in [0.1, 0.15) is 39.2 Å². The molecule has 0 aromatic heterocycles. The zero-order valence-electron chi connectivity index (χ0n) is 16.5. The Morgan fingerprint density at radius 3 is 2.36 bits per heavy atom. The number of methoxy groups -OCH3 is 1. The summed E-state index contributed by atoms with van der Waals surface area (Å²) in [6.45, 7) is 12.2. The topological polar surface area (TPSA) is 38.8 Å². The molecule has 0 fully saturated rings. The van der Waals surface area contributed by atoms with Crippen LogP contribution >= 0.6 is 0 Å². The fourth-order valence-corrected chi connectivity index (χ4v) is 3.54. The van der Waals surface area contributed by atoms with E-state index < -0.39 is 14.4 Å². The average molecular weight is 361 g/mol. The molecule has 0 saturated heterocycles. The molecule has 138 valence electrons. The van der Waals surface area contributed by atoms with Crippen molar-refractivity contribution in [2.45, 2.75) is 64.4 Å². The van der Waals surface area contributed by atoms with Crippen LogP contribution in [0.15, 0.2) is 30.3 Å². The van der Waals surface area contributed by atoms with Crippen molar-refractivity contribution in [2.24, 2.45) is 0 Å². The van der Waals surface area contributed by atoms with E-state index in [4.69, 9.17) is 17.1 Å². The van der Waals surface area contributed by atoms with Crippen LogP contribution in [0.3, 0.4) is 0 Å². The van der Waals surface area contributed by atoms with Gasteiger partial charge in [0.15, 0.2) is 16.3 Å². The first-order valence-electron chi connectivity index (χ1n) is 8.86. The van der Waals surface area contributed by atoms with Crippen LogP contribution in [0, 0.1) is 0 Å². The van der Waals surface area contributed by atoms with Gasteiger partial charge >= 0.3 is 5.97 Å². The number of rotatable bonds is 9. The van der Waals surface area contributed by atoms with Gasteiger partial charge in [-0.3, -0.25) is 0 Å². The van der Waals surface area contributed by atoms with Crippen molar-refractivity contribution in [1.82, 2.24) is 4.81 Å². The lowest BCUT2D eigenvalue weighted by molar-refractivity contribution is -0.149. The second kappa shape index (κ2) is 9.55. The lowest BCUT2D eigenvalue weighted by Crippen LogP contribution is -2.46. The molecule has 1 aromatic carbocycles. The number of benzene rings is 1. The highest BCUT2D eigenvalue weighted by atomic mass is 28.4. The number of carbonyl (C=O) groups is 1. The summed E-state index contributed by atoms with van der Waals surface area (Å²) in [7, 11) is 5.46. The minimum Gasteiger partial charge on any atom is -0.467 e. The predicted octanol–water partition coefficient (Wildman–Crippen LogP) is 3.92. The second-order valence-electron chi connectivity index (χ2n) is 7.99. The predicted molar refractivity (Wildman–Crippen MR) is 106 cm³/mol. The fourth-order valence-electron chi connectivity index (χ4n) is 2.27. The van der Waals surface area contributed by atoms with Gasteiger partial charge in [0.05, 0.1) is 7.11 Å². The first kappa shape index (κ1) is 21.9. The summed E-state index contributed by atoms with van der Waals surface area (Å²) in [5.41, 5.74) is 1.17. The molecule has 25 heavy (non-hydrogen) atoms. The van der Waals surface area contributed by atoms with Crippen molar-refractivity contribution in [2.75, 3.05) is 13.7 Å². The Hall–Kier alpha value is -1.11. The zero-order valence-corrected chi connectivity index (χ0v) is 17.5. The number of hydrogen-bond acceptors (Lipinski definition) is 4. The van der Waals surface area contributed by atoms with Gasteiger partial charge in [0.25, 0.3) is 0 Å². The standard InChI is InChI=1S/C19H32BNO3Si/c1-19(2,3)25(5,6)24-17(18(22)23-4)13-10-14-21(20)15-16-11-8-7-9-12-16/h7-9,11-12,17H,10,13-15H2,1-6H3/t17-/m0/s1. The van der Waals surface area contributed by atoms with E-state index in [-0.39, 0.29) is 11.0 Å². The summed E-state index contributed by atoms with van der Waals surface area (Å²) < 4.78 is 11.2. The van der Waals surface area contributed by atoms with Gasteiger partial charge in [-0.25, -0.2) is 4.79 Å². The van der Waals surface area contributed by atoms with Crippen molar-refractivity contribution < 1.29 is 14.0 Å². The molecule has 0 N–H and O–H groups in total. The largest absolute Gasteiger partial charge is 0.467 e. The molecule has 0 heterocycles. The van der Waals surface area contributed by atoms with Crippen molar-refractivity contribution >= 4 is 22.3 Å². The first-order valence-corrected chi connectivity index (χ1v) is 11.8. The van der Waals surface area contributed by atoms with Crippen LogP contribution in [0.25, 0.3) is 0 Å². The zero-order chi connectivity index (χ0) is 19.1. The van der Waals surface area contributed by atoms with Crippen molar-refractivity contribution in [3.05, 3.63) is 35.9 Å². The van der Waals surface area contributed by atoms with Gasteiger partial charge in [0.1, 0.15) is 6.10 Å². The number of carbonyl (C=O) groups excluding carboxylic acids is 1. The van der Waals surface area contributed by atoms with Crippen LogP contribution in [0.2, 0.25) is 18.1 Å². The minimum absolute atomic E-state index is 0.0481. The molecule has 1 rings (SSSR count). The van der Waals surface area contributed by atoms with Gasteiger partial charge in [-0.05, 0) is 43.1 Å². The number of hydrogen-bond donors (Lipinski definition) is 0. The van der Waals surface area contributed by atoms with Gasteiger partial charge in [-0.15, -0.1) is 0 Å². The number of ether oxygens (including phenoxy) is 1. The van der Waals surface area contributed by atoms with Crippen molar-refractivity contribution in [3.8, 4) is 0 Å². The van der Waals surface area contributed by atoms with Crippen LogP contribution < -0.4 is 0 Å². The highest BCUT2D eigenvalue weighted by molar-refractivity contribution is 6.74. The molecule has 2 radical (unpaired) electrons. The monoisotopic (exact) mass is 361 g/mol. The Balaban J connectivity index is 2.55. The smallest absolute Gasteiger partial charge is 0.333 e. The number of esters is 1. The van der Waals surface area contributed by atoms with Gasteiger partial charge in [-0.1, -0.05) is 51.1 Å². The maximum atomic E-state index is 12.1. The normalized spacial score (nSPS) is 13.7. The molecule has 0 aliphatic carbocycles. The van der Waals surface area contributed by atoms with Crippen LogP contribution in [-0.4, -0.2) is 46.8 Å². The maximum absolute atomic E-state index is 12.1. The van der Waals surface area contributed by atoms with E-state index in [0.29, 0.717) is 19.5 Å². The van der Waals surface area contributed by atoms with Crippen LogP contribution in [-0.2, 0) is 20.5 Å². The Morgan fingerprint density at radius 1 is 1.24 bits per heavy atom. The third-order valence-electron chi connectivity index (χ3n) is 4.85. The molecule has 0 spiro atoms. The molecule has 0 bridgehead atoms. The third-order valence-corrected chi connectivity index (χ3v) is 9.33. The van der Waals surface area contributed by atoms with E-state index >= 15 is 0 Å². The van der Waals surface area contributed by atoms with Crippen molar-refractivity contribution in [3.63, 3.8) is 0 Å². The summed E-state index contributed by atoms with van der Waals surface area (Å²) in [6.07, 6.45) is 0.871. The molecule has 0 amide bonds. The molecule has 0 unspecified atom stereocenters. The van der Waals surface area contributed by atoms with E-state index in [9.17, 15) is 4.79 Å². The molecule has 1 atom stereocenters. The fraction of sp³-hybridized carbons (Fsp3) is 0.632. The summed E-state index contributed by atoms with van der Waals surface area (Å²) in [6, 6.07) is 10.1. The SMILES string of the molecule is [B]N(CCC[C@H](O[Si](C)(C)C(C)(C)C)C(=O)OC)Cc1ccccc1. The molecule has 0 saturated carbocycles. The average Bonchev–Trinajstić information content (AvgIpc) is 2.52. The minimum atomic E-state index is -2.03. The first-order chi connectivity index (χ1) is 11.6. The Bertz CT molecular complexity index is 531. The van der Waals surface area contributed by atoms with Gasteiger partial charge < -0.3 is 14.0 Å². The molecular weight excluding hydrogens is 329 g/mol. The van der Waals surface area contributed by atoms with Gasteiger partial charge in [0.2, 0.25) is 0 Å². The molecule has 1 aromatic rings. The van der Waals surface area contributed by atoms with E-state index in [1.165, 1.54) is 12.7 Å².